The van der Waals surface area contributed by atoms with Crippen molar-refractivity contribution in [3.05, 3.63) is 23.8 Å². The number of urea groups is 1. The van der Waals surface area contributed by atoms with Crippen LogP contribution in [0.3, 0.4) is 0 Å². The van der Waals surface area contributed by atoms with Crippen LogP contribution in [-0.4, -0.2) is 47.9 Å². The first-order valence-electron chi connectivity index (χ1n) is 10.7. The summed E-state index contributed by atoms with van der Waals surface area (Å²) in [6.45, 7) is 5.92. The fourth-order valence-corrected chi connectivity index (χ4v) is 5.03. The first-order chi connectivity index (χ1) is 13.9. The molecule has 2 saturated heterocycles. The van der Waals surface area contributed by atoms with Crippen LogP contribution in [-0.2, 0) is 9.59 Å². The van der Waals surface area contributed by atoms with Crippen molar-refractivity contribution in [2.24, 2.45) is 5.92 Å². The Bertz CT molecular complexity index is 833. The first kappa shape index (κ1) is 19.7. The number of hydrogen-bond acceptors (Lipinski definition) is 4. The molecular weight excluding hydrogens is 368 g/mol. The largest absolute Gasteiger partial charge is 0.371 e. The van der Waals surface area contributed by atoms with Crippen molar-refractivity contribution in [2.45, 2.75) is 57.9 Å². The predicted octanol–water partition coefficient (Wildman–Crippen LogP) is 3.03. The third-order valence-electron chi connectivity index (χ3n) is 6.73. The predicted molar refractivity (Wildman–Crippen MR) is 112 cm³/mol. The van der Waals surface area contributed by atoms with E-state index >= 15 is 0 Å². The van der Waals surface area contributed by atoms with Crippen LogP contribution in [0.25, 0.3) is 0 Å². The van der Waals surface area contributed by atoms with Crippen LogP contribution in [0.4, 0.5) is 16.2 Å². The number of imide groups is 1. The van der Waals surface area contributed by atoms with Crippen molar-refractivity contribution in [3.63, 3.8) is 0 Å². The monoisotopic (exact) mass is 398 g/mol. The fourth-order valence-electron chi connectivity index (χ4n) is 5.03. The van der Waals surface area contributed by atoms with Gasteiger partial charge in [-0.25, -0.2) is 4.79 Å². The average molecular weight is 399 g/mol. The molecule has 1 aromatic carbocycles. The maximum Gasteiger partial charge on any atom is 0.325 e. The van der Waals surface area contributed by atoms with Gasteiger partial charge in [0.25, 0.3) is 5.91 Å². The second kappa shape index (κ2) is 7.69. The molecule has 156 valence electrons. The Labute approximate surface area is 171 Å². The number of anilines is 2. The van der Waals surface area contributed by atoms with Crippen LogP contribution in [0.1, 0.15) is 51.0 Å². The van der Waals surface area contributed by atoms with Gasteiger partial charge in [0.15, 0.2) is 0 Å². The van der Waals surface area contributed by atoms with Crippen LogP contribution in [0.15, 0.2) is 18.2 Å². The van der Waals surface area contributed by atoms with Gasteiger partial charge in [-0.15, -0.1) is 0 Å². The highest BCUT2D eigenvalue weighted by Crippen LogP contribution is 2.38. The average Bonchev–Trinajstić information content (AvgIpc) is 3.28. The van der Waals surface area contributed by atoms with Crippen molar-refractivity contribution in [3.8, 4) is 0 Å². The van der Waals surface area contributed by atoms with Gasteiger partial charge in [-0.1, -0.05) is 19.8 Å². The number of nitrogens with one attached hydrogen (secondary N) is 2. The molecule has 3 aliphatic rings. The Morgan fingerprint density at radius 3 is 2.66 bits per heavy atom. The molecule has 0 bridgehead atoms. The lowest BCUT2D eigenvalue weighted by molar-refractivity contribution is -0.136. The number of amides is 4. The Balaban J connectivity index is 1.41. The normalized spacial score (nSPS) is 26.9. The zero-order valence-corrected chi connectivity index (χ0v) is 17.3. The first-order valence-corrected chi connectivity index (χ1v) is 10.7. The summed E-state index contributed by atoms with van der Waals surface area (Å²) in [5.74, 6) is -0.533. The topological polar surface area (TPSA) is 81.8 Å². The molecule has 1 aromatic rings. The molecule has 2 atom stereocenters. The highest BCUT2D eigenvalue weighted by atomic mass is 16.2. The molecule has 0 unspecified atom stereocenters. The SMILES string of the molecule is Cc1cc(NC(=O)CN2C(=O)N[C@@]3(CCCC[C@H]3C)C2=O)ccc1N1CCCC1. The summed E-state index contributed by atoms with van der Waals surface area (Å²) >= 11 is 0. The van der Waals surface area contributed by atoms with E-state index in [1.165, 1.54) is 18.5 Å². The van der Waals surface area contributed by atoms with Gasteiger partial charge in [0.1, 0.15) is 12.1 Å². The van der Waals surface area contributed by atoms with Gasteiger partial charge in [-0.05, 0) is 62.3 Å². The molecule has 1 spiro atoms. The third-order valence-corrected chi connectivity index (χ3v) is 6.73. The smallest absolute Gasteiger partial charge is 0.325 e. The number of aryl methyl sites for hydroxylation is 1. The second-order valence-corrected chi connectivity index (χ2v) is 8.68. The van der Waals surface area contributed by atoms with E-state index in [0.29, 0.717) is 12.1 Å². The van der Waals surface area contributed by atoms with E-state index in [9.17, 15) is 14.4 Å². The molecule has 2 heterocycles. The molecule has 2 N–H and O–H groups in total. The number of nitrogens with zero attached hydrogens (tertiary/aromatic N) is 2. The molecule has 4 amide bonds. The summed E-state index contributed by atoms with van der Waals surface area (Å²) in [6.07, 6.45) is 5.97. The molecule has 29 heavy (non-hydrogen) atoms. The van der Waals surface area contributed by atoms with Crippen LogP contribution in [0, 0.1) is 12.8 Å². The molecule has 7 heteroatoms. The van der Waals surface area contributed by atoms with Crippen LogP contribution >= 0.6 is 0 Å². The Hall–Kier alpha value is -2.57. The molecule has 2 aliphatic heterocycles. The van der Waals surface area contributed by atoms with Gasteiger partial charge < -0.3 is 15.5 Å². The van der Waals surface area contributed by atoms with Gasteiger partial charge in [-0.3, -0.25) is 14.5 Å². The minimum atomic E-state index is -0.830. The van der Waals surface area contributed by atoms with E-state index in [4.69, 9.17) is 0 Å². The number of hydrogen-bond donors (Lipinski definition) is 2. The zero-order chi connectivity index (χ0) is 20.6. The highest BCUT2D eigenvalue weighted by Gasteiger charge is 2.55. The van der Waals surface area contributed by atoms with Gasteiger partial charge >= 0.3 is 6.03 Å². The van der Waals surface area contributed by atoms with Crippen molar-refractivity contribution in [1.82, 2.24) is 10.2 Å². The molecule has 1 aliphatic carbocycles. The molecule has 0 radical (unpaired) electrons. The van der Waals surface area contributed by atoms with Gasteiger partial charge in [0, 0.05) is 24.5 Å². The van der Waals surface area contributed by atoms with E-state index in [2.05, 4.69) is 15.5 Å². The highest BCUT2D eigenvalue weighted by molar-refractivity contribution is 6.10. The minimum absolute atomic E-state index is 0.0848. The van der Waals surface area contributed by atoms with E-state index < -0.39 is 11.6 Å². The van der Waals surface area contributed by atoms with E-state index in [-0.39, 0.29) is 24.3 Å². The Morgan fingerprint density at radius 1 is 1.21 bits per heavy atom. The fraction of sp³-hybridized carbons (Fsp3) is 0.591. The minimum Gasteiger partial charge on any atom is -0.371 e. The van der Waals surface area contributed by atoms with Crippen LogP contribution < -0.4 is 15.5 Å². The lowest BCUT2D eigenvalue weighted by Gasteiger charge is -2.36. The molecule has 0 aromatic heterocycles. The van der Waals surface area contributed by atoms with Crippen LogP contribution in [0.5, 0.6) is 0 Å². The molecule has 7 nitrogen and oxygen atoms in total. The zero-order valence-electron chi connectivity index (χ0n) is 17.3. The maximum absolute atomic E-state index is 13.0. The van der Waals surface area contributed by atoms with Crippen molar-refractivity contribution < 1.29 is 14.4 Å². The van der Waals surface area contributed by atoms with Crippen molar-refractivity contribution in [1.29, 1.82) is 0 Å². The number of carbonyl (C=O) groups is 3. The van der Waals surface area contributed by atoms with E-state index in [0.717, 1.165) is 42.8 Å². The van der Waals surface area contributed by atoms with Crippen molar-refractivity contribution in [2.75, 3.05) is 29.9 Å². The quantitative estimate of drug-likeness (QED) is 0.764. The summed E-state index contributed by atoms with van der Waals surface area (Å²) < 4.78 is 0. The molecular formula is C22H30N4O3. The standard InChI is InChI=1S/C22H30N4O3/c1-15-13-17(8-9-18(15)25-11-5-6-12-25)23-19(27)14-26-20(28)22(24-21(26)29)10-4-3-7-16(22)2/h8-9,13,16H,3-7,10-12,14H2,1-2H3,(H,23,27)(H,24,29)/t16-,22-/m1/s1. The van der Waals surface area contributed by atoms with E-state index in [1.807, 2.05) is 32.0 Å². The number of carbonyl (C=O) groups excluding carboxylic acids is 3. The Morgan fingerprint density at radius 2 is 1.97 bits per heavy atom. The summed E-state index contributed by atoms with van der Waals surface area (Å²) in [5.41, 5.74) is 2.16. The third kappa shape index (κ3) is 3.58. The summed E-state index contributed by atoms with van der Waals surface area (Å²) in [4.78, 5) is 41.4. The lowest BCUT2D eigenvalue weighted by Crippen LogP contribution is -2.54. The van der Waals surface area contributed by atoms with Gasteiger partial charge in [0.05, 0.1) is 0 Å². The number of rotatable bonds is 4. The second-order valence-electron chi connectivity index (χ2n) is 8.68. The Kier molecular flexibility index (Phi) is 5.23. The molecule has 3 fully saturated rings. The summed E-state index contributed by atoms with van der Waals surface area (Å²) in [6, 6.07) is 5.40. The number of benzene rings is 1. The van der Waals surface area contributed by atoms with Crippen LogP contribution in [0.2, 0.25) is 0 Å². The van der Waals surface area contributed by atoms with Crippen molar-refractivity contribution >= 4 is 29.2 Å². The maximum atomic E-state index is 13.0. The van der Waals surface area contributed by atoms with Gasteiger partial charge in [0.2, 0.25) is 5.91 Å². The summed E-state index contributed by atoms with van der Waals surface area (Å²) in [7, 11) is 0. The lowest BCUT2D eigenvalue weighted by atomic mass is 9.73. The molecule has 1 saturated carbocycles. The van der Waals surface area contributed by atoms with E-state index in [1.54, 1.807) is 0 Å². The van der Waals surface area contributed by atoms with Gasteiger partial charge in [-0.2, -0.15) is 0 Å². The summed E-state index contributed by atoms with van der Waals surface area (Å²) in [5, 5.41) is 5.73. The molecule has 4 rings (SSSR count).